The Morgan fingerprint density at radius 3 is 2.42 bits per heavy atom. The average molecular weight is 274 g/mol. The Hall–Kier alpha value is -1.88. The Morgan fingerprint density at radius 2 is 1.79 bits per heavy atom. The number of carbonyl (C=O) groups is 1. The second kappa shape index (κ2) is 6.33. The Balaban J connectivity index is 1.91. The molecule has 0 atom stereocenters. The summed E-state index contributed by atoms with van der Waals surface area (Å²) in [4.78, 5) is 20.0. The van der Waals surface area contributed by atoms with Crippen LogP contribution in [0.4, 0.5) is 4.79 Å². The molecule has 0 saturated carbocycles. The summed E-state index contributed by atoms with van der Waals surface area (Å²) in [5, 5.41) is 0.0319. The third-order valence-electron chi connectivity index (χ3n) is 2.34. The Morgan fingerprint density at radius 1 is 1.16 bits per heavy atom. The van der Waals surface area contributed by atoms with Gasteiger partial charge < -0.3 is 4.74 Å². The summed E-state index contributed by atoms with van der Waals surface area (Å²) < 4.78 is 5.16. The molecule has 19 heavy (non-hydrogen) atoms. The van der Waals surface area contributed by atoms with E-state index in [1.165, 1.54) is 0 Å². The molecule has 1 aromatic carbocycles. The quantitative estimate of drug-likeness (QED) is 0.487. The molecule has 0 aliphatic heterocycles. The lowest BCUT2D eigenvalue weighted by Gasteiger charge is -2.04. The Bertz CT molecular complexity index is 553. The van der Waals surface area contributed by atoms with Crippen molar-refractivity contribution in [3.63, 3.8) is 0 Å². The second-order valence-electron chi connectivity index (χ2n) is 4.06. The maximum absolute atomic E-state index is 11.7. The topological polar surface area (TPSA) is 52.1 Å². The maximum atomic E-state index is 11.7. The molecule has 5 heteroatoms. The number of aromatic nitrogens is 2. The summed E-state index contributed by atoms with van der Waals surface area (Å²) in [5.74, 6) is 0. The number of thioether (sulfide) groups is 1. The fourth-order valence-electron chi connectivity index (χ4n) is 1.56. The minimum atomic E-state index is -0.395. The molecule has 98 valence electrons. The van der Waals surface area contributed by atoms with Crippen molar-refractivity contribution in [2.75, 3.05) is 0 Å². The first-order chi connectivity index (χ1) is 9.13. The van der Waals surface area contributed by atoms with Crippen molar-refractivity contribution in [3.05, 3.63) is 53.3 Å². The summed E-state index contributed by atoms with van der Waals surface area (Å²) in [6.07, 6.45) is 0. The number of ether oxygens (including phenoxy) is 1. The summed E-state index contributed by atoms with van der Waals surface area (Å²) in [6.45, 7) is 4.00. The fourth-order valence-corrected chi connectivity index (χ4v) is 2.21. The lowest BCUT2D eigenvalue weighted by molar-refractivity contribution is 0.168. The highest BCUT2D eigenvalue weighted by molar-refractivity contribution is 8.13. The van der Waals surface area contributed by atoms with Crippen LogP contribution < -0.4 is 0 Å². The lowest BCUT2D eigenvalue weighted by Crippen LogP contribution is -2.01. The number of aryl methyl sites for hydroxylation is 2. The van der Waals surface area contributed by atoms with Crippen LogP contribution >= 0.6 is 11.8 Å². The van der Waals surface area contributed by atoms with E-state index >= 15 is 0 Å². The molecule has 0 unspecified atom stereocenters. The highest BCUT2D eigenvalue weighted by Crippen LogP contribution is 2.17. The first-order valence-electron chi connectivity index (χ1n) is 5.84. The van der Waals surface area contributed by atoms with Gasteiger partial charge in [0.15, 0.2) is 5.16 Å². The van der Waals surface area contributed by atoms with E-state index < -0.39 is 5.30 Å². The van der Waals surface area contributed by atoms with Gasteiger partial charge in [0.05, 0.1) is 0 Å². The van der Waals surface area contributed by atoms with Gasteiger partial charge >= 0.3 is 5.30 Å². The van der Waals surface area contributed by atoms with Crippen molar-refractivity contribution < 1.29 is 9.53 Å². The van der Waals surface area contributed by atoms with Crippen molar-refractivity contribution in [2.45, 2.75) is 25.6 Å². The van der Waals surface area contributed by atoms with E-state index in [0.29, 0.717) is 5.16 Å². The van der Waals surface area contributed by atoms with E-state index in [4.69, 9.17) is 4.74 Å². The van der Waals surface area contributed by atoms with Gasteiger partial charge in [0.1, 0.15) is 6.61 Å². The van der Waals surface area contributed by atoms with E-state index in [1.54, 1.807) is 0 Å². The summed E-state index contributed by atoms with van der Waals surface area (Å²) in [6, 6.07) is 11.4. The number of hydrogen-bond acceptors (Lipinski definition) is 5. The first-order valence-corrected chi connectivity index (χ1v) is 6.66. The van der Waals surface area contributed by atoms with Crippen molar-refractivity contribution in [2.24, 2.45) is 0 Å². The molecule has 0 radical (unpaired) electrons. The van der Waals surface area contributed by atoms with Gasteiger partial charge in [-0.3, -0.25) is 0 Å². The minimum Gasteiger partial charge on any atom is -0.452 e. The fraction of sp³-hybridized carbons (Fsp3) is 0.214. The maximum Gasteiger partial charge on any atom is 0.375 e. The summed E-state index contributed by atoms with van der Waals surface area (Å²) >= 11 is 0.908. The van der Waals surface area contributed by atoms with Gasteiger partial charge in [-0.1, -0.05) is 30.3 Å². The van der Waals surface area contributed by atoms with Gasteiger partial charge in [-0.2, -0.15) is 0 Å². The first kappa shape index (κ1) is 13.5. The van der Waals surface area contributed by atoms with Crippen LogP contribution in [0.2, 0.25) is 0 Å². The number of nitrogens with zero attached hydrogens (tertiary/aromatic N) is 2. The van der Waals surface area contributed by atoms with Gasteiger partial charge in [-0.25, -0.2) is 14.8 Å². The van der Waals surface area contributed by atoms with Crippen molar-refractivity contribution in [1.29, 1.82) is 0 Å². The van der Waals surface area contributed by atoms with Gasteiger partial charge in [-0.05, 0) is 25.5 Å². The van der Waals surface area contributed by atoms with Crippen LogP contribution in [-0.4, -0.2) is 15.3 Å². The Labute approximate surface area is 116 Å². The molecule has 0 aliphatic carbocycles. The van der Waals surface area contributed by atoms with Crippen LogP contribution in [0.15, 0.2) is 41.6 Å². The molecule has 1 heterocycles. The van der Waals surface area contributed by atoms with Gasteiger partial charge in [0.25, 0.3) is 0 Å². The molecular weight excluding hydrogens is 260 g/mol. The predicted molar refractivity (Wildman–Crippen MR) is 74.0 cm³/mol. The molecule has 0 spiro atoms. The normalized spacial score (nSPS) is 10.2. The summed E-state index contributed by atoms with van der Waals surface area (Å²) in [5.41, 5.74) is 2.63. The molecule has 0 fully saturated rings. The van der Waals surface area contributed by atoms with Gasteiger partial charge in [0, 0.05) is 23.1 Å². The van der Waals surface area contributed by atoms with E-state index in [1.807, 2.05) is 50.2 Å². The largest absolute Gasteiger partial charge is 0.452 e. The molecule has 1 aromatic heterocycles. The smallest absolute Gasteiger partial charge is 0.375 e. The molecule has 0 N–H and O–H groups in total. The number of hydrogen-bond donors (Lipinski definition) is 0. The van der Waals surface area contributed by atoms with Crippen LogP contribution in [0.3, 0.4) is 0 Å². The third kappa shape index (κ3) is 4.37. The molecule has 2 rings (SSSR count). The van der Waals surface area contributed by atoms with Crippen molar-refractivity contribution in [1.82, 2.24) is 9.97 Å². The zero-order valence-electron chi connectivity index (χ0n) is 10.8. The molecule has 0 aliphatic rings. The van der Waals surface area contributed by atoms with E-state index in [-0.39, 0.29) is 6.61 Å². The van der Waals surface area contributed by atoms with E-state index in [2.05, 4.69) is 9.97 Å². The predicted octanol–water partition coefficient (Wildman–Crippen LogP) is 3.52. The molecule has 0 saturated heterocycles. The summed E-state index contributed by atoms with van der Waals surface area (Å²) in [7, 11) is 0. The van der Waals surface area contributed by atoms with Crippen LogP contribution in [0.5, 0.6) is 0 Å². The number of carbonyl (C=O) groups excluding carboxylic acids is 1. The lowest BCUT2D eigenvalue weighted by atomic mass is 10.2. The minimum absolute atomic E-state index is 0.261. The molecule has 4 nitrogen and oxygen atoms in total. The zero-order valence-corrected chi connectivity index (χ0v) is 11.6. The Kier molecular flexibility index (Phi) is 4.52. The second-order valence-corrected chi connectivity index (χ2v) is 4.96. The highest BCUT2D eigenvalue weighted by atomic mass is 32.2. The van der Waals surface area contributed by atoms with Crippen LogP contribution in [0.25, 0.3) is 0 Å². The van der Waals surface area contributed by atoms with Gasteiger partial charge in [0.2, 0.25) is 0 Å². The van der Waals surface area contributed by atoms with Crippen molar-refractivity contribution >= 4 is 17.1 Å². The molecular formula is C14H14N2O2S. The van der Waals surface area contributed by atoms with Crippen LogP contribution in [0.1, 0.15) is 17.0 Å². The molecule has 2 aromatic rings. The standard InChI is InChI=1S/C14H14N2O2S/c1-10-8-11(2)16-13(15-10)19-14(17)18-9-12-6-4-3-5-7-12/h3-8H,9H2,1-2H3. The van der Waals surface area contributed by atoms with Crippen LogP contribution in [0, 0.1) is 13.8 Å². The van der Waals surface area contributed by atoms with E-state index in [0.717, 1.165) is 28.7 Å². The third-order valence-corrected chi connectivity index (χ3v) is 2.99. The molecule has 0 amide bonds. The number of benzene rings is 1. The molecule has 0 bridgehead atoms. The highest BCUT2D eigenvalue weighted by Gasteiger charge is 2.09. The zero-order chi connectivity index (χ0) is 13.7. The van der Waals surface area contributed by atoms with Crippen LogP contribution in [-0.2, 0) is 11.3 Å². The number of rotatable bonds is 3. The van der Waals surface area contributed by atoms with Gasteiger partial charge in [-0.15, -0.1) is 0 Å². The average Bonchev–Trinajstić information content (AvgIpc) is 2.36. The monoisotopic (exact) mass is 274 g/mol. The van der Waals surface area contributed by atoms with Crippen molar-refractivity contribution in [3.8, 4) is 0 Å². The van der Waals surface area contributed by atoms with E-state index in [9.17, 15) is 4.79 Å². The SMILES string of the molecule is Cc1cc(C)nc(SC(=O)OCc2ccccc2)n1.